The lowest BCUT2D eigenvalue weighted by molar-refractivity contribution is 0.0627. The number of aromatic hydroxyl groups is 1. The zero-order valence-electron chi connectivity index (χ0n) is 50.0. The fourth-order valence-corrected chi connectivity index (χ4v) is 11.3. The van der Waals surface area contributed by atoms with Crippen LogP contribution in [0.2, 0.25) is 30.1 Å². The number of benzene rings is 5. The van der Waals surface area contributed by atoms with Crippen LogP contribution >= 0.6 is 69.6 Å². The number of rotatable bonds is 18. The summed E-state index contributed by atoms with van der Waals surface area (Å²) in [5.41, 5.74) is 1.93. The summed E-state index contributed by atoms with van der Waals surface area (Å²) in [5.74, 6) is -0.866. The van der Waals surface area contributed by atoms with E-state index in [-0.39, 0.29) is 110 Å². The minimum absolute atomic E-state index is 0.00712. The van der Waals surface area contributed by atoms with E-state index in [0.717, 1.165) is 16.7 Å². The number of hydrogen-bond acceptors (Lipinski definition) is 13. The molecule has 0 aliphatic carbocycles. The number of nitrogens with zero attached hydrogens (tertiary/aromatic N) is 8. The maximum Gasteiger partial charge on any atom is 0.316 e. The highest BCUT2D eigenvalue weighted by Gasteiger charge is 2.35. The van der Waals surface area contributed by atoms with Crippen molar-refractivity contribution in [3.8, 4) is 17.2 Å². The van der Waals surface area contributed by atoms with Crippen LogP contribution in [0.15, 0.2) is 130 Å². The highest BCUT2D eigenvalue weighted by molar-refractivity contribution is 6.43. The third-order valence-electron chi connectivity index (χ3n) is 14.7. The number of aliphatic hydroxyl groups is 1. The minimum Gasteiger partial charge on any atom is -0.501 e. The first-order valence-corrected chi connectivity index (χ1v) is 31.0. The number of aromatic amines is 1. The maximum atomic E-state index is 13.4. The number of aliphatic hydroxyl groups excluding tert-OH is 1. The van der Waals surface area contributed by atoms with Crippen LogP contribution in [0.25, 0.3) is 0 Å². The van der Waals surface area contributed by atoms with Crippen molar-refractivity contribution in [3.05, 3.63) is 239 Å². The molecule has 472 valence electrons. The third kappa shape index (κ3) is 16.0. The third-order valence-corrected chi connectivity index (χ3v) is 17.3. The number of ether oxygens (including phenoxy) is 2. The molecule has 19 nitrogen and oxygen atoms in total. The van der Waals surface area contributed by atoms with Crippen LogP contribution < -0.4 is 26.2 Å². The van der Waals surface area contributed by atoms with Gasteiger partial charge in [0.2, 0.25) is 17.2 Å². The number of hydrogen-bond donors (Lipinski definition) is 3. The van der Waals surface area contributed by atoms with Crippen LogP contribution in [0, 0.1) is 0 Å². The van der Waals surface area contributed by atoms with Crippen LogP contribution in [0.4, 0.5) is 0 Å². The van der Waals surface area contributed by atoms with Gasteiger partial charge in [0.25, 0.3) is 23.3 Å². The number of nitrogens with one attached hydrogen (secondary N) is 1. The lowest BCUT2D eigenvalue weighted by atomic mass is 10.1. The Balaban J connectivity index is 0.000000176. The second kappa shape index (κ2) is 30.8. The van der Waals surface area contributed by atoms with Crippen LogP contribution in [-0.2, 0) is 45.6 Å². The molecule has 3 aromatic heterocycles. The number of carbonyl (C=O) groups excluding carboxylic acids is 3. The fraction of sp³-hybridized carbons (Fsp3) is 0.308. The summed E-state index contributed by atoms with van der Waals surface area (Å²) in [4.78, 5) is 97.6. The molecule has 3 amide bonds. The molecule has 2 aliphatic rings. The van der Waals surface area contributed by atoms with E-state index in [1.54, 1.807) is 67.5 Å². The van der Waals surface area contributed by atoms with Gasteiger partial charge in [-0.05, 0) is 87.6 Å². The molecule has 0 saturated heterocycles. The standard InChI is InChI=1S/C24H25Cl2N3O4.C24H23Cl2N3O3.C17H17Cl2N3O3/c1-15(2)29(11-12-30)24(32)21-22(33-14-16-7-4-3-5-8-16)23(31)28-19(27-21)13-17-9-6-10-18(25)20(17)26;1-15(2)28-11-12-29-19(13-17-9-6-10-18(25)20(17)26)27-23(30)22(21(29)24(28)31)32-14-16-7-4-3-5-8-16;1-9(2)21-6-7-22-12(8-10-4-3-5-11(18)13(10)19)20-16(24)15(23)14(22)17(21)25/h3-10,15,30H,11-14H2,1-2H3,(H,27,28,31);3-10,15H,11-14H2,1-2H3;3-5,9,23H,6-8H2,1-2H3. The Morgan fingerprint density at radius 2 is 0.989 bits per heavy atom. The molecule has 0 radical (unpaired) electrons. The second-order valence-electron chi connectivity index (χ2n) is 21.8. The molecule has 0 atom stereocenters. The van der Waals surface area contributed by atoms with Gasteiger partial charge in [-0.2, -0.15) is 9.97 Å². The van der Waals surface area contributed by atoms with Gasteiger partial charge in [-0.3, -0.25) is 28.8 Å². The molecule has 10 rings (SSSR count). The summed E-state index contributed by atoms with van der Waals surface area (Å²) in [5, 5.41) is 21.9. The molecular formula is C65H65Cl6N9O10. The Bertz CT molecular complexity index is 4110. The first kappa shape index (κ1) is 68.2. The van der Waals surface area contributed by atoms with Crippen molar-refractivity contribution < 1.29 is 34.1 Å². The fourth-order valence-electron chi connectivity index (χ4n) is 10.1. The topological polar surface area (TPSA) is 235 Å². The van der Waals surface area contributed by atoms with Gasteiger partial charge in [-0.1, -0.05) is 167 Å². The van der Waals surface area contributed by atoms with E-state index in [1.807, 2.05) is 108 Å². The Kier molecular flexibility index (Phi) is 23.4. The zero-order valence-corrected chi connectivity index (χ0v) is 54.5. The summed E-state index contributed by atoms with van der Waals surface area (Å²) >= 11 is 37.2. The Hall–Kier alpha value is -7.75. The first-order valence-electron chi connectivity index (χ1n) is 28.7. The number of fused-ring (bicyclic) bond motifs is 2. The molecule has 25 heteroatoms. The number of halogens is 6. The van der Waals surface area contributed by atoms with E-state index in [0.29, 0.717) is 79.1 Å². The van der Waals surface area contributed by atoms with Gasteiger partial charge < -0.3 is 48.5 Å². The average molecular weight is 1350 g/mol. The number of H-pyrrole nitrogens is 1. The quantitative estimate of drug-likeness (QED) is 0.0726. The highest BCUT2D eigenvalue weighted by atomic mass is 35.5. The summed E-state index contributed by atoms with van der Waals surface area (Å²) in [7, 11) is 0. The molecule has 2 aliphatic heterocycles. The predicted molar refractivity (Wildman–Crippen MR) is 348 cm³/mol. The van der Waals surface area contributed by atoms with Crippen LogP contribution in [0.5, 0.6) is 17.2 Å². The first-order chi connectivity index (χ1) is 43.0. The van der Waals surface area contributed by atoms with E-state index in [2.05, 4.69) is 19.9 Å². The predicted octanol–water partition coefficient (Wildman–Crippen LogP) is 11.4. The van der Waals surface area contributed by atoms with Crippen molar-refractivity contribution in [3.63, 3.8) is 0 Å². The summed E-state index contributed by atoms with van der Waals surface area (Å²) < 4.78 is 15.0. The Labute approximate surface area is 549 Å². The maximum absolute atomic E-state index is 13.4. The van der Waals surface area contributed by atoms with Crippen molar-refractivity contribution >= 4 is 87.3 Å². The van der Waals surface area contributed by atoms with Crippen molar-refractivity contribution in [1.29, 1.82) is 0 Å². The molecule has 0 fully saturated rings. The van der Waals surface area contributed by atoms with Gasteiger partial charge in [0, 0.05) is 70.1 Å². The van der Waals surface area contributed by atoms with E-state index in [9.17, 15) is 39.0 Å². The molecule has 8 aromatic rings. The van der Waals surface area contributed by atoms with Crippen LogP contribution in [0.1, 0.15) is 118 Å². The molecule has 0 bridgehead atoms. The van der Waals surface area contributed by atoms with Crippen molar-refractivity contribution in [2.45, 2.75) is 105 Å². The van der Waals surface area contributed by atoms with E-state index in [1.165, 1.54) is 4.90 Å². The van der Waals surface area contributed by atoms with Gasteiger partial charge in [0.15, 0.2) is 17.1 Å². The minimum atomic E-state index is -0.821. The van der Waals surface area contributed by atoms with Crippen molar-refractivity contribution in [1.82, 2.24) is 43.8 Å². The number of carbonyl (C=O) groups is 3. The lowest BCUT2D eigenvalue weighted by Crippen LogP contribution is -2.46. The molecule has 0 saturated carbocycles. The number of amides is 3. The van der Waals surface area contributed by atoms with Gasteiger partial charge in [-0.15, -0.1) is 0 Å². The summed E-state index contributed by atoms with van der Waals surface area (Å²) in [6.07, 6.45) is 0.669. The monoisotopic (exact) mass is 1340 g/mol. The molecule has 0 unspecified atom stereocenters. The SMILES string of the molecule is CC(C)N(CCO)C(=O)c1nc(Cc2cccc(Cl)c2Cl)[nH]c(=O)c1OCc1ccccc1.CC(C)N1CCn2c(Cc3cccc(Cl)c3Cl)nc(=O)c(O)c2C1=O.CC(C)N1CCn2c(Cc3cccc(Cl)c3Cl)nc(=O)c(OCc3ccccc3)c2C1=O. The lowest BCUT2D eigenvalue weighted by Gasteiger charge is -2.34. The van der Waals surface area contributed by atoms with Crippen molar-refractivity contribution in [2.24, 2.45) is 0 Å². The Morgan fingerprint density at radius 3 is 1.44 bits per heavy atom. The molecule has 0 spiro atoms. The second-order valence-corrected chi connectivity index (χ2v) is 24.1. The molecule has 5 heterocycles. The van der Waals surface area contributed by atoms with Crippen LogP contribution in [0.3, 0.4) is 0 Å². The zero-order chi connectivity index (χ0) is 65.1. The van der Waals surface area contributed by atoms with Crippen molar-refractivity contribution in [2.75, 3.05) is 26.2 Å². The smallest absolute Gasteiger partial charge is 0.316 e. The average Bonchev–Trinajstić information content (AvgIpc) is 0.920. The molecular weight excluding hydrogens is 1280 g/mol. The van der Waals surface area contributed by atoms with Gasteiger partial charge in [0.1, 0.15) is 30.7 Å². The highest BCUT2D eigenvalue weighted by Crippen LogP contribution is 2.32. The van der Waals surface area contributed by atoms with Gasteiger partial charge in [0.05, 0.1) is 36.7 Å². The normalized spacial score (nSPS) is 12.7. The molecule has 90 heavy (non-hydrogen) atoms. The van der Waals surface area contributed by atoms with Gasteiger partial charge in [-0.25, -0.2) is 4.98 Å². The Morgan fingerprint density at radius 1 is 0.556 bits per heavy atom. The van der Waals surface area contributed by atoms with E-state index >= 15 is 0 Å². The van der Waals surface area contributed by atoms with E-state index < -0.39 is 28.3 Å². The molecule has 5 aromatic carbocycles. The van der Waals surface area contributed by atoms with E-state index in [4.69, 9.17) is 79.1 Å². The van der Waals surface area contributed by atoms with Gasteiger partial charge >= 0.3 is 11.1 Å². The largest absolute Gasteiger partial charge is 0.501 e. The molecule has 3 N–H and O–H groups in total. The summed E-state index contributed by atoms with van der Waals surface area (Å²) in [6.45, 7) is 13.4. The van der Waals surface area contributed by atoms with Crippen LogP contribution in [-0.4, -0.2) is 116 Å². The summed E-state index contributed by atoms with van der Waals surface area (Å²) in [6, 6.07) is 34.2. The number of aromatic nitrogens is 6.